The van der Waals surface area contributed by atoms with Gasteiger partial charge in [0.05, 0.1) is 56.2 Å². The Morgan fingerprint density at radius 3 is 2.29 bits per heavy atom. The van der Waals surface area contributed by atoms with Crippen molar-refractivity contribution < 1.29 is 62.6 Å². The van der Waals surface area contributed by atoms with Crippen LogP contribution in [0.5, 0.6) is 0 Å². The molecule has 1 aromatic heterocycles. The SMILES string of the molecule is CC(=O)N1CCC[C@H]1C(=O)N[C@@H](CC(C)C)C(=O)C[C@@H](Cc1cncn1Cc1ccccc1)C(=O)N[C@@H](CO)C(=O)C[C@H](C(N)=O)[C@@H](C)OP(=O)(O)OCC[C@@H](O)CO. The van der Waals surface area contributed by atoms with E-state index in [1.165, 1.54) is 18.7 Å². The summed E-state index contributed by atoms with van der Waals surface area (Å²) in [5, 5.41) is 34.0. The molecule has 0 bridgehead atoms. The number of ketones is 2. The molecule has 328 valence electrons. The number of amides is 4. The van der Waals surface area contributed by atoms with E-state index in [4.69, 9.17) is 19.9 Å². The molecule has 1 aliphatic rings. The number of nitrogens with one attached hydrogen (secondary N) is 2. The highest BCUT2D eigenvalue weighted by Crippen LogP contribution is 2.46. The third-order valence-corrected chi connectivity index (χ3v) is 11.2. The van der Waals surface area contributed by atoms with Crippen LogP contribution in [0.15, 0.2) is 42.9 Å². The fraction of sp³-hybridized carbons (Fsp3) is 0.615. The van der Waals surface area contributed by atoms with E-state index >= 15 is 0 Å². The van der Waals surface area contributed by atoms with Crippen molar-refractivity contribution in [3.05, 3.63) is 54.1 Å². The quantitative estimate of drug-likeness (QED) is 0.0631. The van der Waals surface area contributed by atoms with Gasteiger partial charge < -0.3 is 46.0 Å². The van der Waals surface area contributed by atoms with Gasteiger partial charge in [-0.2, -0.15) is 0 Å². The number of carbonyl (C=O) groups excluding carboxylic acids is 6. The third kappa shape index (κ3) is 15.6. The second-order valence-corrected chi connectivity index (χ2v) is 16.7. The maximum atomic E-state index is 14.1. The van der Waals surface area contributed by atoms with E-state index in [2.05, 4.69) is 15.6 Å². The average molecular weight is 851 g/mol. The first-order chi connectivity index (χ1) is 27.8. The Labute approximate surface area is 343 Å². The zero-order chi connectivity index (χ0) is 43.9. The number of rotatable bonds is 26. The van der Waals surface area contributed by atoms with Crippen molar-refractivity contribution in [3.8, 4) is 0 Å². The van der Waals surface area contributed by atoms with Crippen LogP contribution in [0.2, 0.25) is 0 Å². The maximum absolute atomic E-state index is 14.1. The molecule has 0 saturated carbocycles. The first-order valence-corrected chi connectivity index (χ1v) is 21.2. The number of hydrogen-bond donors (Lipinski definition) is 7. The summed E-state index contributed by atoms with van der Waals surface area (Å²) < 4.78 is 24.1. The molecular formula is C39H59N6O13P. The average Bonchev–Trinajstić information content (AvgIpc) is 3.85. The normalized spacial score (nSPS) is 18.3. The van der Waals surface area contributed by atoms with Gasteiger partial charge in [-0.15, -0.1) is 0 Å². The van der Waals surface area contributed by atoms with Crippen molar-refractivity contribution in [1.82, 2.24) is 25.1 Å². The van der Waals surface area contributed by atoms with Crippen LogP contribution in [0.4, 0.5) is 0 Å². The Morgan fingerprint density at radius 1 is 1.00 bits per heavy atom. The maximum Gasteiger partial charge on any atom is 0.472 e. The number of phosphoric ester groups is 1. The highest BCUT2D eigenvalue weighted by molar-refractivity contribution is 7.47. The van der Waals surface area contributed by atoms with E-state index in [0.717, 1.165) is 5.56 Å². The molecule has 8 N–H and O–H groups in total. The van der Waals surface area contributed by atoms with Gasteiger partial charge in [0.15, 0.2) is 11.6 Å². The van der Waals surface area contributed by atoms with Gasteiger partial charge in [0.2, 0.25) is 23.6 Å². The summed E-state index contributed by atoms with van der Waals surface area (Å²) >= 11 is 0. The molecule has 3 rings (SSSR count). The van der Waals surface area contributed by atoms with Crippen LogP contribution in [0, 0.1) is 17.8 Å². The molecule has 8 atom stereocenters. The number of nitrogens with zero attached hydrogens (tertiary/aromatic N) is 3. The number of likely N-dealkylation sites (tertiary alicyclic amines) is 1. The second-order valence-electron chi connectivity index (χ2n) is 15.3. The number of primary amides is 1. The molecule has 1 unspecified atom stereocenters. The number of aliphatic hydroxyl groups excluding tert-OH is 3. The van der Waals surface area contributed by atoms with Gasteiger partial charge in [0.1, 0.15) is 12.1 Å². The lowest BCUT2D eigenvalue weighted by Crippen LogP contribution is -2.52. The molecular weight excluding hydrogens is 791 g/mol. The predicted octanol–water partition coefficient (Wildman–Crippen LogP) is 0.394. The number of phosphoric acid groups is 1. The highest BCUT2D eigenvalue weighted by atomic mass is 31.2. The highest BCUT2D eigenvalue weighted by Gasteiger charge is 2.38. The zero-order valence-electron chi connectivity index (χ0n) is 34.0. The second kappa shape index (κ2) is 23.4. The number of carbonyl (C=O) groups is 6. The minimum absolute atomic E-state index is 0.0459. The Kier molecular flexibility index (Phi) is 19.5. The minimum atomic E-state index is -4.84. The van der Waals surface area contributed by atoms with Crippen molar-refractivity contribution in [2.24, 2.45) is 23.5 Å². The van der Waals surface area contributed by atoms with Crippen LogP contribution < -0.4 is 16.4 Å². The number of aromatic nitrogens is 2. The van der Waals surface area contributed by atoms with Crippen molar-refractivity contribution in [2.45, 2.75) is 110 Å². The van der Waals surface area contributed by atoms with E-state index in [-0.39, 0.29) is 31.1 Å². The van der Waals surface area contributed by atoms with Crippen molar-refractivity contribution in [1.29, 1.82) is 0 Å². The standard InChI is InChI=1S/C39H59N6O13P/c1-24(2)15-32(42-39(54)34-11-8-13-45(34)26(4)48)35(50)17-28(16-29-19-41-23-44(29)20-27-9-6-5-7-10-27)38(53)43-33(22-47)36(51)18-31(37(40)52)25(3)58-59(55,56)57-14-12-30(49)21-46/h5-7,9-10,19,23-25,28,30-34,46-47,49H,8,11-18,20-22H2,1-4H3,(H2,40,52)(H,42,54)(H,43,53)(H,55,56)/t25-,28-,30-,31+,32+,33+,34+/m1/s1. The molecule has 1 aromatic carbocycles. The molecule has 1 fully saturated rings. The molecule has 59 heavy (non-hydrogen) atoms. The lowest BCUT2D eigenvalue weighted by atomic mass is 9.89. The van der Waals surface area contributed by atoms with Gasteiger partial charge in [-0.05, 0) is 44.1 Å². The Bertz CT molecular complexity index is 1780. The van der Waals surface area contributed by atoms with E-state index in [1.54, 1.807) is 17.1 Å². The summed E-state index contributed by atoms with van der Waals surface area (Å²) in [7, 11) is -4.84. The van der Waals surface area contributed by atoms with E-state index < -0.39 is 112 Å². The van der Waals surface area contributed by atoms with Gasteiger partial charge in [-0.3, -0.25) is 37.8 Å². The topological polar surface area (TPSA) is 290 Å². The fourth-order valence-corrected chi connectivity index (χ4v) is 7.81. The minimum Gasteiger partial charge on any atom is -0.394 e. The van der Waals surface area contributed by atoms with Gasteiger partial charge in [0, 0.05) is 51.2 Å². The summed E-state index contributed by atoms with van der Waals surface area (Å²) in [5.41, 5.74) is 7.03. The van der Waals surface area contributed by atoms with Crippen molar-refractivity contribution >= 4 is 43.0 Å². The molecule has 2 heterocycles. The van der Waals surface area contributed by atoms with E-state index in [0.29, 0.717) is 31.6 Å². The van der Waals surface area contributed by atoms with Gasteiger partial charge >= 0.3 is 7.82 Å². The summed E-state index contributed by atoms with van der Waals surface area (Å²) in [6.45, 7) is 5.10. The molecule has 20 heteroatoms. The fourth-order valence-electron chi connectivity index (χ4n) is 6.85. The first-order valence-electron chi connectivity index (χ1n) is 19.7. The molecule has 1 aliphatic heterocycles. The predicted molar refractivity (Wildman–Crippen MR) is 212 cm³/mol. The monoisotopic (exact) mass is 850 g/mol. The first kappa shape index (κ1) is 49.0. The summed E-state index contributed by atoms with van der Waals surface area (Å²) in [6, 6.07) is 6.08. The van der Waals surface area contributed by atoms with Gasteiger partial charge in [0.25, 0.3) is 0 Å². The molecule has 1 saturated heterocycles. The van der Waals surface area contributed by atoms with Crippen molar-refractivity contribution in [3.63, 3.8) is 0 Å². The van der Waals surface area contributed by atoms with Crippen LogP contribution in [-0.2, 0) is 55.3 Å². The van der Waals surface area contributed by atoms with E-state index in [1.807, 2.05) is 44.2 Å². The number of Topliss-reactive ketones (excluding diaryl/α,β-unsaturated/α-hetero) is 2. The van der Waals surface area contributed by atoms with Crippen LogP contribution >= 0.6 is 7.82 Å². The zero-order valence-corrected chi connectivity index (χ0v) is 34.9. The summed E-state index contributed by atoms with van der Waals surface area (Å²) in [6.07, 6.45) is 0.349. The molecule has 0 spiro atoms. The molecule has 0 aliphatic carbocycles. The summed E-state index contributed by atoms with van der Waals surface area (Å²) in [4.78, 5) is 95.7. The molecule has 2 aromatic rings. The summed E-state index contributed by atoms with van der Waals surface area (Å²) in [5.74, 6) is -6.71. The molecule has 19 nitrogen and oxygen atoms in total. The number of imidazole rings is 1. The Balaban J connectivity index is 1.84. The van der Waals surface area contributed by atoms with Crippen molar-refractivity contribution in [2.75, 3.05) is 26.4 Å². The van der Waals surface area contributed by atoms with Crippen LogP contribution in [0.25, 0.3) is 0 Å². The lowest BCUT2D eigenvalue weighted by Gasteiger charge is -2.27. The Hall–Kier alpha value is -4.36. The van der Waals surface area contributed by atoms with Crippen LogP contribution in [0.3, 0.4) is 0 Å². The lowest BCUT2D eigenvalue weighted by molar-refractivity contribution is -0.138. The number of aliphatic hydroxyl groups is 3. The number of hydrogen-bond acceptors (Lipinski definition) is 13. The number of benzene rings is 1. The van der Waals surface area contributed by atoms with Gasteiger partial charge in [-0.1, -0.05) is 44.2 Å². The molecule has 4 amide bonds. The smallest absolute Gasteiger partial charge is 0.394 e. The van der Waals surface area contributed by atoms with Crippen LogP contribution in [-0.4, -0.2) is 127 Å². The largest absolute Gasteiger partial charge is 0.472 e. The third-order valence-electron chi connectivity index (χ3n) is 10.1. The van der Waals surface area contributed by atoms with Crippen LogP contribution in [0.1, 0.15) is 77.5 Å². The van der Waals surface area contributed by atoms with Gasteiger partial charge in [-0.25, -0.2) is 9.55 Å². The Morgan fingerprint density at radius 2 is 1.68 bits per heavy atom. The van der Waals surface area contributed by atoms with E-state index in [9.17, 15) is 48.4 Å². The molecule has 0 radical (unpaired) electrons. The number of nitrogens with two attached hydrogens (primary N) is 1.